The number of nitrogens with zero attached hydrogens (tertiary/aromatic N) is 1. The zero-order valence-electron chi connectivity index (χ0n) is 8.82. The highest BCUT2D eigenvalue weighted by Crippen LogP contribution is 2.28. The molecule has 84 valence electrons. The molecule has 2 nitrogen and oxygen atoms in total. The number of benzene rings is 1. The highest BCUT2D eigenvalue weighted by atomic mass is 35.5. The first-order chi connectivity index (χ1) is 7.59. The maximum Gasteiger partial charge on any atom is 0.0720 e. The molecule has 2 rings (SSSR count). The van der Waals surface area contributed by atoms with Crippen molar-refractivity contribution < 1.29 is 0 Å². The van der Waals surface area contributed by atoms with Gasteiger partial charge in [-0.1, -0.05) is 29.3 Å². The second-order valence-electron chi connectivity index (χ2n) is 3.69. The molecule has 0 aliphatic carbocycles. The van der Waals surface area contributed by atoms with Crippen molar-refractivity contribution in [2.24, 2.45) is 12.8 Å². The summed E-state index contributed by atoms with van der Waals surface area (Å²) in [6.45, 7) is 0. The van der Waals surface area contributed by atoms with E-state index in [1.54, 1.807) is 12.1 Å². The fourth-order valence-electron chi connectivity index (χ4n) is 1.71. The Morgan fingerprint density at radius 1 is 1.25 bits per heavy atom. The molecule has 0 spiro atoms. The van der Waals surface area contributed by atoms with E-state index in [1.165, 1.54) is 0 Å². The zero-order valence-corrected chi connectivity index (χ0v) is 10.3. The summed E-state index contributed by atoms with van der Waals surface area (Å²) in [5.41, 5.74) is 8.06. The van der Waals surface area contributed by atoms with Gasteiger partial charge in [-0.3, -0.25) is 0 Å². The minimum atomic E-state index is -0.232. The summed E-state index contributed by atoms with van der Waals surface area (Å²) in [5, 5.41) is 1.22. The first kappa shape index (κ1) is 11.5. The molecule has 0 saturated heterocycles. The summed E-state index contributed by atoms with van der Waals surface area (Å²) in [7, 11) is 1.96. The molecule has 0 radical (unpaired) electrons. The number of aryl methyl sites for hydroxylation is 1. The molecule has 0 amide bonds. The van der Waals surface area contributed by atoms with Gasteiger partial charge in [-0.05, 0) is 29.8 Å². The van der Waals surface area contributed by atoms with Crippen LogP contribution in [0, 0.1) is 0 Å². The van der Waals surface area contributed by atoms with Crippen LogP contribution in [-0.4, -0.2) is 4.57 Å². The Morgan fingerprint density at radius 2 is 2.00 bits per heavy atom. The number of hydrogen-bond acceptors (Lipinski definition) is 1. The van der Waals surface area contributed by atoms with Gasteiger partial charge in [0.2, 0.25) is 0 Å². The Kier molecular flexibility index (Phi) is 3.24. The first-order valence-electron chi connectivity index (χ1n) is 4.91. The largest absolute Gasteiger partial charge is 0.353 e. The molecule has 0 aliphatic rings. The molecule has 1 aromatic carbocycles. The third-order valence-electron chi connectivity index (χ3n) is 2.60. The van der Waals surface area contributed by atoms with Gasteiger partial charge in [-0.15, -0.1) is 0 Å². The topological polar surface area (TPSA) is 30.9 Å². The fraction of sp³-hybridized carbons (Fsp3) is 0.167. The van der Waals surface area contributed by atoms with E-state index < -0.39 is 0 Å². The Balaban J connectivity index is 2.41. The van der Waals surface area contributed by atoms with E-state index in [1.807, 2.05) is 36.0 Å². The van der Waals surface area contributed by atoms with Gasteiger partial charge < -0.3 is 10.3 Å². The Bertz CT molecular complexity index is 505. The molecule has 0 aliphatic heterocycles. The molecular formula is C12H12Cl2N2. The molecule has 1 heterocycles. The van der Waals surface area contributed by atoms with Crippen LogP contribution in [0.3, 0.4) is 0 Å². The van der Waals surface area contributed by atoms with Crippen molar-refractivity contribution in [3.63, 3.8) is 0 Å². The van der Waals surface area contributed by atoms with Gasteiger partial charge in [0.25, 0.3) is 0 Å². The van der Waals surface area contributed by atoms with Gasteiger partial charge in [-0.25, -0.2) is 0 Å². The summed E-state index contributed by atoms with van der Waals surface area (Å²) < 4.78 is 1.98. The normalized spacial score (nSPS) is 12.8. The van der Waals surface area contributed by atoms with Crippen molar-refractivity contribution in [2.45, 2.75) is 6.04 Å². The van der Waals surface area contributed by atoms with Crippen molar-refractivity contribution >= 4 is 23.2 Å². The Morgan fingerprint density at radius 3 is 2.56 bits per heavy atom. The maximum atomic E-state index is 6.16. The van der Waals surface area contributed by atoms with E-state index in [0.717, 1.165) is 11.3 Å². The smallest absolute Gasteiger partial charge is 0.0720 e. The third-order valence-corrected chi connectivity index (χ3v) is 3.16. The van der Waals surface area contributed by atoms with Crippen LogP contribution < -0.4 is 5.73 Å². The number of nitrogens with two attached hydrogens (primary N) is 1. The highest BCUT2D eigenvalue weighted by Gasteiger charge is 2.14. The van der Waals surface area contributed by atoms with E-state index in [4.69, 9.17) is 28.9 Å². The van der Waals surface area contributed by atoms with E-state index in [9.17, 15) is 0 Å². The van der Waals surface area contributed by atoms with Crippen molar-refractivity contribution in [3.8, 4) is 0 Å². The number of hydrogen-bond donors (Lipinski definition) is 1. The van der Waals surface area contributed by atoms with Crippen LogP contribution in [0.4, 0.5) is 0 Å². The maximum absolute atomic E-state index is 6.16. The van der Waals surface area contributed by atoms with Crippen LogP contribution >= 0.6 is 23.2 Å². The number of rotatable bonds is 2. The van der Waals surface area contributed by atoms with Crippen molar-refractivity contribution in [3.05, 3.63) is 57.8 Å². The van der Waals surface area contributed by atoms with Crippen LogP contribution in [0.2, 0.25) is 10.0 Å². The summed E-state index contributed by atoms with van der Waals surface area (Å²) >= 11 is 12.0. The lowest BCUT2D eigenvalue weighted by Gasteiger charge is -2.15. The van der Waals surface area contributed by atoms with Crippen molar-refractivity contribution in [1.29, 1.82) is 0 Å². The van der Waals surface area contributed by atoms with Gasteiger partial charge in [0.15, 0.2) is 0 Å². The molecule has 0 bridgehead atoms. The summed E-state index contributed by atoms with van der Waals surface area (Å²) in [5.74, 6) is 0. The SMILES string of the molecule is Cn1cccc1C(N)c1ccc(Cl)cc1Cl. The van der Waals surface area contributed by atoms with E-state index >= 15 is 0 Å². The van der Waals surface area contributed by atoms with Gasteiger partial charge >= 0.3 is 0 Å². The molecule has 16 heavy (non-hydrogen) atoms. The molecule has 0 saturated carbocycles. The van der Waals surface area contributed by atoms with Crippen LogP contribution in [-0.2, 0) is 7.05 Å². The monoisotopic (exact) mass is 254 g/mol. The first-order valence-corrected chi connectivity index (χ1v) is 5.67. The van der Waals surface area contributed by atoms with Crippen LogP contribution in [0.5, 0.6) is 0 Å². The van der Waals surface area contributed by atoms with Crippen LogP contribution in [0.15, 0.2) is 36.5 Å². The molecule has 0 fully saturated rings. The second kappa shape index (κ2) is 4.50. The average molecular weight is 255 g/mol. The third kappa shape index (κ3) is 2.09. The van der Waals surface area contributed by atoms with Gasteiger partial charge in [0.1, 0.15) is 0 Å². The fourth-order valence-corrected chi connectivity index (χ4v) is 2.24. The Labute approximate surface area is 105 Å². The molecule has 1 aromatic heterocycles. The van der Waals surface area contributed by atoms with E-state index in [0.29, 0.717) is 10.0 Å². The molecular weight excluding hydrogens is 243 g/mol. The van der Waals surface area contributed by atoms with E-state index in [-0.39, 0.29) is 6.04 Å². The lowest BCUT2D eigenvalue weighted by Crippen LogP contribution is -2.15. The van der Waals surface area contributed by atoms with Gasteiger partial charge in [-0.2, -0.15) is 0 Å². The van der Waals surface area contributed by atoms with E-state index in [2.05, 4.69) is 0 Å². The minimum absolute atomic E-state index is 0.232. The predicted octanol–water partition coefficient (Wildman–Crippen LogP) is 3.38. The van der Waals surface area contributed by atoms with Crippen LogP contribution in [0.25, 0.3) is 0 Å². The Hall–Kier alpha value is -0.960. The molecule has 2 N–H and O–H groups in total. The van der Waals surface area contributed by atoms with Gasteiger partial charge in [0, 0.05) is 29.0 Å². The van der Waals surface area contributed by atoms with Crippen molar-refractivity contribution in [1.82, 2.24) is 4.57 Å². The highest BCUT2D eigenvalue weighted by molar-refractivity contribution is 6.35. The number of aromatic nitrogens is 1. The molecule has 1 atom stereocenters. The lowest BCUT2D eigenvalue weighted by atomic mass is 10.0. The summed E-state index contributed by atoms with van der Waals surface area (Å²) in [4.78, 5) is 0. The molecule has 2 aromatic rings. The standard InChI is InChI=1S/C12H12Cl2N2/c1-16-6-2-3-11(16)12(15)9-5-4-8(13)7-10(9)14/h2-7,12H,15H2,1H3. The van der Waals surface area contributed by atoms with Gasteiger partial charge in [0.05, 0.1) is 6.04 Å². The quantitative estimate of drug-likeness (QED) is 0.876. The second-order valence-corrected chi connectivity index (χ2v) is 4.53. The zero-order chi connectivity index (χ0) is 11.7. The summed E-state index contributed by atoms with van der Waals surface area (Å²) in [6.07, 6.45) is 1.96. The number of halogens is 2. The average Bonchev–Trinajstić information content (AvgIpc) is 2.63. The molecule has 4 heteroatoms. The van der Waals surface area contributed by atoms with Crippen LogP contribution in [0.1, 0.15) is 17.3 Å². The predicted molar refractivity (Wildman–Crippen MR) is 67.9 cm³/mol. The lowest BCUT2D eigenvalue weighted by molar-refractivity contribution is 0.747. The minimum Gasteiger partial charge on any atom is -0.353 e. The van der Waals surface area contributed by atoms with Crippen molar-refractivity contribution in [2.75, 3.05) is 0 Å². The molecule has 1 unspecified atom stereocenters. The summed E-state index contributed by atoms with van der Waals surface area (Å²) in [6, 6.07) is 9.08.